The normalized spacial score (nSPS) is 10.7. The second-order valence-corrected chi connectivity index (χ2v) is 7.21. The summed E-state index contributed by atoms with van der Waals surface area (Å²) in [6.45, 7) is 0. The second kappa shape index (κ2) is 7.82. The first kappa shape index (κ1) is 18.8. The SMILES string of the molecule is O=C(Nc1scc(-c2cnn(-c3ccc(Cl)cc3)c2)c1C(=O)O)c1ccnnc1. The van der Waals surface area contributed by atoms with E-state index in [1.165, 1.54) is 18.5 Å². The molecule has 0 aliphatic rings. The number of amides is 1. The molecule has 144 valence electrons. The van der Waals surface area contributed by atoms with Gasteiger partial charge < -0.3 is 10.4 Å². The van der Waals surface area contributed by atoms with Gasteiger partial charge in [-0.15, -0.1) is 11.3 Å². The van der Waals surface area contributed by atoms with Crippen LogP contribution in [0.4, 0.5) is 5.00 Å². The number of carboxylic acids is 1. The van der Waals surface area contributed by atoms with Gasteiger partial charge in [-0.2, -0.15) is 15.3 Å². The predicted molar refractivity (Wildman–Crippen MR) is 109 cm³/mol. The summed E-state index contributed by atoms with van der Waals surface area (Å²) in [6.07, 6.45) is 5.98. The molecule has 1 amide bonds. The number of anilines is 1. The third kappa shape index (κ3) is 3.86. The lowest BCUT2D eigenvalue weighted by Gasteiger charge is -2.05. The number of carbonyl (C=O) groups is 2. The molecule has 10 heteroatoms. The molecule has 0 radical (unpaired) electrons. The Balaban J connectivity index is 1.66. The first-order chi connectivity index (χ1) is 14.0. The number of rotatable bonds is 5. The average Bonchev–Trinajstić information content (AvgIpc) is 3.36. The van der Waals surface area contributed by atoms with Crippen molar-refractivity contribution in [3.05, 3.63) is 76.6 Å². The highest BCUT2D eigenvalue weighted by molar-refractivity contribution is 7.15. The number of benzene rings is 1. The lowest BCUT2D eigenvalue weighted by molar-refractivity contribution is 0.0699. The molecule has 2 N–H and O–H groups in total. The fraction of sp³-hybridized carbons (Fsp3) is 0. The Morgan fingerprint density at radius 1 is 1.10 bits per heavy atom. The molecule has 0 saturated carbocycles. The standard InChI is InChI=1S/C19H12ClN5O3S/c20-13-1-3-14(4-2-13)25-9-12(8-23-25)15-10-29-18(16(15)19(27)28)24-17(26)11-5-6-21-22-7-11/h1-10H,(H,24,26)(H,27,28). The van der Waals surface area contributed by atoms with Gasteiger partial charge in [0.1, 0.15) is 10.6 Å². The van der Waals surface area contributed by atoms with Crippen LogP contribution in [-0.2, 0) is 0 Å². The topological polar surface area (TPSA) is 110 Å². The Bertz CT molecular complexity index is 1190. The molecular weight excluding hydrogens is 414 g/mol. The molecule has 3 aromatic heterocycles. The van der Waals surface area contributed by atoms with E-state index < -0.39 is 11.9 Å². The van der Waals surface area contributed by atoms with Crippen LogP contribution in [0, 0.1) is 0 Å². The van der Waals surface area contributed by atoms with Crippen LogP contribution in [0.5, 0.6) is 0 Å². The number of nitrogens with zero attached hydrogens (tertiary/aromatic N) is 4. The van der Waals surface area contributed by atoms with Crippen molar-refractivity contribution in [1.29, 1.82) is 0 Å². The first-order valence-corrected chi connectivity index (χ1v) is 9.52. The van der Waals surface area contributed by atoms with E-state index in [0.29, 0.717) is 16.1 Å². The van der Waals surface area contributed by atoms with Gasteiger partial charge in [-0.05, 0) is 30.3 Å². The molecule has 4 aromatic rings. The number of aromatic carboxylic acids is 1. The van der Waals surface area contributed by atoms with Gasteiger partial charge in [0.2, 0.25) is 0 Å². The summed E-state index contributed by atoms with van der Waals surface area (Å²) in [7, 11) is 0. The minimum atomic E-state index is -1.15. The minimum absolute atomic E-state index is 0.000946. The molecule has 0 spiro atoms. The molecule has 0 bridgehead atoms. The van der Waals surface area contributed by atoms with Gasteiger partial charge in [0.05, 0.1) is 29.8 Å². The van der Waals surface area contributed by atoms with Gasteiger partial charge in [-0.1, -0.05) is 11.6 Å². The fourth-order valence-electron chi connectivity index (χ4n) is 2.67. The van der Waals surface area contributed by atoms with Crippen molar-refractivity contribution < 1.29 is 14.7 Å². The number of carboxylic acid groups (broad SMARTS) is 1. The summed E-state index contributed by atoms with van der Waals surface area (Å²) in [5, 5.41) is 26.4. The molecule has 4 rings (SSSR count). The van der Waals surface area contributed by atoms with Crippen molar-refractivity contribution in [1.82, 2.24) is 20.0 Å². The number of halogens is 1. The van der Waals surface area contributed by atoms with Crippen LogP contribution in [0.1, 0.15) is 20.7 Å². The van der Waals surface area contributed by atoms with Gasteiger partial charge in [0.15, 0.2) is 0 Å². The van der Waals surface area contributed by atoms with Crippen LogP contribution in [0.2, 0.25) is 5.02 Å². The third-order valence-electron chi connectivity index (χ3n) is 4.06. The zero-order valence-corrected chi connectivity index (χ0v) is 16.2. The van der Waals surface area contributed by atoms with Crippen LogP contribution in [-0.4, -0.2) is 37.0 Å². The molecule has 0 atom stereocenters. The summed E-state index contributed by atoms with van der Waals surface area (Å²) in [5.41, 5.74) is 2.14. The maximum atomic E-state index is 12.4. The Kier molecular flexibility index (Phi) is 5.07. The molecule has 0 aliphatic carbocycles. The van der Waals surface area contributed by atoms with Crippen LogP contribution in [0.25, 0.3) is 16.8 Å². The summed E-state index contributed by atoms with van der Waals surface area (Å²) in [6, 6.07) is 8.59. The van der Waals surface area contributed by atoms with E-state index in [-0.39, 0.29) is 16.1 Å². The van der Waals surface area contributed by atoms with Crippen molar-refractivity contribution in [3.8, 4) is 16.8 Å². The van der Waals surface area contributed by atoms with Crippen LogP contribution < -0.4 is 5.32 Å². The zero-order chi connectivity index (χ0) is 20.4. The average molecular weight is 426 g/mol. The molecule has 3 heterocycles. The van der Waals surface area contributed by atoms with Gasteiger partial charge in [0, 0.05) is 27.7 Å². The number of carbonyl (C=O) groups excluding carboxylic acids is 1. The van der Waals surface area contributed by atoms with Crippen molar-refractivity contribution in [2.24, 2.45) is 0 Å². The Morgan fingerprint density at radius 2 is 1.90 bits per heavy atom. The second-order valence-electron chi connectivity index (χ2n) is 5.89. The lowest BCUT2D eigenvalue weighted by Crippen LogP contribution is -2.13. The fourth-order valence-corrected chi connectivity index (χ4v) is 3.75. The molecule has 0 saturated heterocycles. The molecule has 0 aliphatic heterocycles. The Labute approximate surface area is 173 Å². The summed E-state index contributed by atoms with van der Waals surface area (Å²) in [5.74, 6) is -1.61. The largest absolute Gasteiger partial charge is 0.478 e. The number of hydrogen-bond donors (Lipinski definition) is 2. The Hall–Kier alpha value is -3.56. The van der Waals surface area contributed by atoms with Gasteiger partial charge in [-0.25, -0.2) is 9.48 Å². The van der Waals surface area contributed by atoms with E-state index in [4.69, 9.17) is 11.6 Å². The quantitative estimate of drug-likeness (QED) is 0.500. The molecule has 0 fully saturated rings. The van der Waals surface area contributed by atoms with Crippen LogP contribution >= 0.6 is 22.9 Å². The molecule has 0 unspecified atom stereocenters. The van der Waals surface area contributed by atoms with Crippen LogP contribution in [0.3, 0.4) is 0 Å². The highest BCUT2D eigenvalue weighted by Gasteiger charge is 2.22. The molecule has 29 heavy (non-hydrogen) atoms. The number of nitrogens with one attached hydrogen (secondary N) is 1. The Morgan fingerprint density at radius 3 is 2.59 bits per heavy atom. The summed E-state index contributed by atoms with van der Waals surface area (Å²) >= 11 is 7.04. The van der Waals surface area contributed by atoms with Crippen LogP contribution in [0.15, 0.2) is 60.5 Å². The lowest BCUT2D eigenvalue weighted by atomic mass is 10.1. The van der Waals surface area contributed by atoms with Crippen molar-refractivity contribution in [2.75, 3.05) is 5.32 Å². The number of aromatic nitrogens is 4. The maximum absolute atomic E-state index is 12.4. The predicted octanol–water partition coefficient (Wildman–Crippen LogP) is 3.99. The smallest absolute Gasteiger partial charge is 0.339 e. The summed E-state index contributed by atoms with van der Waals surface area (Å²) < 4.78 is 1.62. The highest BCUT2D eigenvalue weighted by Crippen LogP contribution is 2.36. The van der Waals surface area contributed by atoms with E-state index in [0.717, 1.165) is 17.0 Å². The summed E-state index contributed by atoms with van der Waals surface area (Å²) in [4.78, 5) is 24.3. The third-order valence-corrected chi connectivity index (χ3v) is 5.21. The molecule has 8 nitrogen and oxygen atoms in total. The van der Waals surface area contributed by atoms with E-state index >= 15 is 0 Å². The minimum Gasteiger partial charge on any atom is -0.478 e. The molecular formula is C19H12ClN5O3S. The van der Waals surface area contributed by atoms with Crippen molar-refractivity contribution in [3.63, 3.8) is 0 Å². The van der Waals surface area contributed by atoms with Gasteiger partial charge in [0.25, 0.3) is 5.91 Å². The van der Waals surface area contributed by atoms with E-state index in [9.17, 15) is 14.7 Å². The zero-order valence-electron chi connectivity index (χ0n) is 14.6. The van der Waals surface area contributed by atoms with Gasteiger partial charge in [-0.3, -0.25) is 4.79 Å². The molecule has 1 aromatic carbocycles. The highest BCUT2D eigenvalue weighted by atomic mass is 35.5. The van der Waals surface area contributed by atoms with E-state index in [1.807, 2.05) is 0 Å². The van der Waals surface area contributed by atoms with E-state index in [1.54, 1.807) is 46.7 Å². The monoisotopic (exact) mass is 425 g/mol. The first-order valence-electron chi connectivity index (χ1n) is 8.27. The van der Waals surface area contributed by atoms with Gasteiger partial charge >= 0.3 is 5.97 Å². The van der Waals surface area contributed by atoms with Crippen molar-refractivity contribution >= 4 is 39.8 Å². The van der Waals surface area contributed by atoms with Crippen molar-refractivity contribution in [2.45, 2.75) is 0 Å². The maximum Gasteiger partial charge on any atom is 0.339 e. The number of hydrogen-bond acceptors (Lipinski definition) is 6. The number of thiophene rings is 1. The van der Waals surface area contributed by atoms with E-state index in [2.05, 4.69) is 20.6 Å².